The van der Waals surface area contributed by atoms with Crippen molar-refractivity contribution in [1.82, 2.24) is 20.5 Å². The predicted octanol–water partition coefficient (Wildman–Crippen LogP) is 0.945. The van der Waals surface area contributed by atoms with E-state index in [0.29, 0.717) is 18.1 Å². The Balaban J connectivity index is 2.01. The van der Waals surface area contributed by atoms with E-state index in [4.69, 9.17) is 4.42 Å². The second-order valence-corrected chi connectivity index (χ2v) is 3.41. The quantitative estimate of drug-likeness (QED) is 0.806. The lowest BCUT2D eigenvalue weighted by Gasteiger charge is -2.00. The van der Waals surface area contributed by atoms with Gasteiger partial charge in [-0.05, 0) is 13.0 Å². The molecule has 0 fully saturated rings. The van der Waals surface area contributed by atoms with Gasteiger partial charge in [-0.3, -0.25) is 9.89 Å². The van der Waals surface area contributed by atoms with Gasteiger partial charge in [-0.1, -0.05) is 0 Å². The van der Waals surface area contributed by atoms with Gasteiger partial charge in [-0.15, -0.1) is 0 Å². The zero-order valence-corrected chi connectivity index (χ0v) is 9.07. The lowest BCUT2D eigenvalue weighted by atomic mass is 10.3. The summed E-state index contributed by atoms with van der Waals surface area (Å²) >= 11 is 0. The maximum absolute atomic E-state index is 11.7. The van der Waals surface area contributed by atoms with Gasteiger partial charge in [-0.2, -0.15) is 5.10 Å². The number of amides is 1. The van der Waals surface area contributed by atoms with Crippen LogP contribution in [-0.4, -0.2) is 21.1 Å². The molecule has 1 amide bonds. The lowest BCUT2D eigenvalue weighted by molar-refractivity contribution is 0.0920. The van der Waals surface area contributed by atoms with Gasteiger partial charge in [0, 0.05) is 13.1 Å². The molecule has 0 saturated carbocycles. The molecule has 6 heteroatoms. The van der Waals surface area contributed by atoms with E-state index in [9.17, 15) is 4.79 Å². The Kier molecular flexibility index (Phi) is 2.72. The molecule has 2 heterocycles. The summed E-state index contributed by atoms with van der Waals surface area (Å²) in [7, 11) is 0. The monoisotopic (exact) mass is 220 g/mol. The third-order valence-corrected chi connectivity index (χ3v) is 2.11. The van der Waals surface area contributed by atoms with Gasteiger partial charge in [0.1, 0.15) is 0 Å². The SMILES string of the molecule is Cc1nc(C)c(C(=O)NCc2ccn[nH]2)o1. The van der Waals surface area contributed by atoms with Crippen LogP contribution in [0.5, 0.6) is 0 Å². The van der Waals surface area contributed by atoms with Crippen molar-refractivity contribution in [3.63, 3.8) is 0 Å². The normalized spacial score (nSPS) is 10.4. The number of hydrogen-bond acceptors (Lipinski definition) is 4. The minimum atomic E-state index is -0.271. The summed E-state index contributed by atoms with van der Waals surface area (Å²) in [4.78, 5) is 15.7. The Labute approximate surface area is 92.1 Å². The van der Waals surface area contributed by atoms with E-state index in [-0.39, 0.29) is 11.7 Å². The molecule has 16 heavy (non-hydrogen) atoms. The first-order valence-corrected chi connectivity index (χ1v) is 4.87. The number of aromatic amines is 1. The van der Waals surface area contributed by atoms with E-state index in [1.807, 2.05) is 0 Å². The van der Waals surface area contributed by atoms with E-state index < -0.39 is 0 Å². The fourth-order valence-electron chi connectivity index (χ4n) is 1.38. The minimum Gasteiger partial charge on any atom is -0.436 e. The van der Waals surface area contributed by atoms with Crippen LogP contribution in [0.25, 0.3) is 0 Å². The van der Waals surface area contributed by atoms with Gasteiger partial charge < -0.3 is 9.73 Å². The molecule has 0 bridgehead atoms. The first-order valence-electron chi connectivity index (χ1n) is 4.87. The molecular formula is C10H12N4O2. The average molecular weight is 220 g/mol. The number of carbonyl (C=O) groups excluding carboxylic acids is 1. The highest BCUT2D eigenvalue weighted by Gasteiger charge is 2.15. The fourth-order valence-corrected chi connectivity index (χ4v) is 1.38. The molecule has 0 aliphatic carbocycles. The van der Waals surface area contributed by atoms with Crippen LogP contribution in [0.1, 0.15) is 27.8 Å². The van der Waals surface area contributed by atoms with Crippen molar-refractivity contribution >= 4 is 5.91 Å². The van der Waals surface area contributed by atoms with Gasteiger partial charge >= 0.3 is 0 Å². The Morgan fingerprint density at radius 1 is 1.56 bits per heavy atom. The molecule has 84 valence electrons. The van der Waals surface area contributed by atoms with Gasteiger partial charge in [0.2, 0.25) is 5.76 Å². The summed E-state index contributed by atoms with van der Waals surface area (Å²) in [6, 6.07) is 1.79. The summed E-state index contributed by atoms with van der Waals surface area (Å²) in [6.45, 7) is 3.83. The number of carbonyl (C=O) groups is 1. The maximum Gasteiger partial charge on any atom is 0.289 e. The first-order chi connectivity index (χ1) is 7.66. The summed E-state index contributed by atoms with van der Waals surface area (Å²) in [5, 5.41) is 9.25. The van der Waals surface area contributed by atoms with Gasteiger partial charge in [-0.25, -0.2) is 4.98 Å². The molecule has 2 N–H and O–H groups in total. The number of H-pyrrole nitrogens is 1. The number of aromatic nitrogens is 3. The Hall–Kier alpha value is -2.11. The van der Waals surface area contributed by atoms with Crippen LogP contribution in [0.2, 0.25) is 0 Å². The smallest absolute Gasteiger partial charge is 0.289 e. The largest absolute Gasteiger partial charge is 0.436 e. The third-order valence-electron chi connectivity index (χ3n) is 2.11. The van der Waals surface area contributed by atoms with Crippen LogP contribution >= 0.6 is 0 Å². The first kappa shape index (κ1) is 10.4. The second kappa shape index (κ2) is 4.18. The molecule has 6 nitrogen and oxygen atoms in total. The minimum absolute atomic E-state index is 0.261. The number of hydrogen-bond donors (Lipinski definition) is 2. The lowest BCUT2D eigenvalue weighted by Crippen LogP contribution is -2.23. The number of nitrogens with one attached hydrogen (secondary N) is 2. The van der Waals surface area contributed by atoms with E-state index in [1.165, 1.54) is 0 Å². The highest BCUT2D eigenvalue weighted by molar-refractivity contribution is 5.92. The van der Waals surface area contributed by atoms with Gasteiger partial charge in [0.15, 0.2) is 5.89 Å². The maximum atomic E-state index is 11.7. The molecule has 2 rings (SSSR count). The zero-order chi connectivity index (χ0) is 11.5. The predicted molar refractivity (Wildman–Crippen MR) is 55.7 cm³/mol. The molecule has 0 radical (unpaired) electrons. The Bertz CT molecular complexity index is 487. The summed E-state index contributed by atoms with van der Waals surface area (Å²) in [5.41, 5.74) is 1.43. The average Bonchev–Trinajstić information content (AvgIpc) is 2.84. The Morgan fingerprint density at radius 2 is 2.38 bits per heavy atom. The molecule has 0 aliphatic heterocycles. The van der Waals surface area contributed by atoms with Crippen molar-refractivity contribution in [2.75, 3.05) is 0 Å². The van der Waals surface area contributed by atoms with Crippen LogP contribution in [0, 0.1) is 13.8 Å². The topological polar surface area (TPSA) is 83.8 Å². The molecule has 0 unspecified atom stereocenters. The van der Waals surface area contributed by atoms with Crippen LogP contribution in [0.3, 0.4) is 0 Å². The van der Waals surface area contributed by atoms with E-state index >= 15 is 0 Å². The summed E-state index contributed by atoms with van der Waals surface area (Å²) < 4.78 is 5.20. The molecule has 0 atom stereocenters. The molecule has 2 aromatic rings. The van der Waals surface area contributed by atoms with Crippen molar-refractivity contribution < 1.29 is 9.21 Å². The molecule has 0 aromatic carbocycles. The van der Waals surface area contributed by atoms with Gasteiger partial charge in [0.05, 0.1) is 17.9 Å². The third kappa shape index (κ3) is 2.10. The number of rotatable bonds is 3. The number of oxazole rings is 1. The standard InChI is InChI=1S/C10H12N4O2/c1-6-9(16-7(2)13-6)10(15)11-5-8-3-4-12-14-8/h3-4H,5H2,1-2H3,(H,11,15)(H,12,14). The van der Waals surface area contributed by atoms with Crippen LogP contribution < -0.4 is 5.32 Å². The van der Waals surface area contributed by atoms with Crippen LogP contribution in [-0.2, 0) is 6.54 Å². The van der Waals surface area contributed by atoms with Crippen molar-refractivity contribution in [3.05, 3.63) is 35.3 Å². The van der Waals surface area contributed by atoms with Gasteiger partial charge in [0.25, 0.3) is 5.91 Å². The molecule has 0 saturated heterocycles. The van der Waals surface area contributed by atoms with Crippen LogP contribution in [0.15, 0.2) is 16.7 Å². The molecule has 2 aromatic heterocycles. The van der Waals surface area contributed by atoms with Crippen molar-refractivity contribution in [2.24, 2.45) is 0 Å². The van der Waals surface area contributed by atoms with Crippen molar-refractivity contribution in [3.8, 4) is 0 Å². The molecular weight excluding hydrogens is 208 g/mol. The van der Waals surface area contributed by atoms with Crippen molar-refractivity contribution in [2.45, 2.75) is 20.4 Å². The molecule has 0 spiro atoms. The summed E-state index contributed by atoms with van der Waals surface area (Å²) in [6.07, 6.45) is 1.63. The second-order valence-electron chi connectivity index (χ2n) is 3.41. The Morgan fingerprint density at radius 3 is 2.94 bits per heavy atom. The van der Waals surface area contributed by atoms with Crippen molar-refractivity contribution in [1.29, 1.82) is 0 Å². The number of nitrogens with zero attached hydrogens (tertiary/aromatic N) is 2. The van der Waals surface area contributed by atoms with E-state index in [2.05, 4.69) is 20.5 Å². The van der Waals surface area contributed by atoms with E-state index in [0.717, 1.165) is 5.69 Å². The zero-order valence-electron chi connectivity index (χ0n) is 9.07. The number of aryl methyl sites for hydroxylation is 2. The fraction of sp³-hybridized carbons (Fsp3) is 0.300. The molecule has 0 aliphatic rings. The highest BCUT2D eigenvalue weighted by atomic mass is 16.4. The highest BCUT2D eigenvalue weighted by Crippen LogP contribution is 2.08. The summed E-state index contributed by atoms with van der Waals surface area (Å²) in [5.74, 6) is 0.480. The van der Waals surface area contributed by atoms with E-state index in [1.54, 1.807) is 26.1 Å². The van der Waals surface area contributed by atoms with Crippen LogP contribution in [0.4, 0.5) is 0 Å².